The van der Waals surface area contributed by atoms with Gasteiger partial charge in [0.05, 0.1) is 21.1 Å². The van der Waals surface area contributed by atoms with Gasteiger partial charge >= 0.3 is 0 Å². The second-order valence-corrected chi connectivity index (χ2v) is 8.26. The van der Waals surface area contributed by atoms with E-state index >= 15 is 0 Å². The Kier molecular flexibility index (Phi) is 6.46. The fourth-order valence-electron chi connectivity index (χ4n) is 3.30. The van der Waals surface area contributed by atoms with Crippen LogP contribution in [0.1, 0.15) is 17.0 Å². The Balaban J connectivity index is 1.62. The van der Waals surface area contributed by atoms with Crippen LogP contribution in [0.15, 0.2) is 60.7 Å². The van der Waals surface area contributed by atoms with Gasteiger partial charge in [-0.3, -0.25) is 4.79 Å². The van der Waals surface area contributed by atoms with Gasteiger partial charge in [0.2, 0.25) is 5.91 Å². The van der Waals surface area contributed by atoms with Crippen molar-refractivity contribution in [2.45, 2.75) is 19.5 Å². The molecule has 0 fully saturated rings. The lowest BCUT2D eigenvalue weighted by atomic mass is 10.1. The largest absolute Gasteiger partial charge is 0.350 e. The van der Waals surface area contributed by atoms with Gasteiger partial charge in [-0.25, -0.2) is 9.37 Å². The summed E-state index contributed by atoms with van der Waals surface area (Å²) < 4.78 is 14.9. The van der Waals surface area contributed by atoms with Gasteiger partial charge in [-0.2, -0.15) is 0 Å². The summed E-state index contributed by atoms with van der Waals surface area (Å²) in [6.45, 7) is 0.327. The molecule has 0 saturated heterocycles. The fourth-order valence-corrected chi connectivity index (χ4v) is 3.81. The first-order valence-electron chi connectivity index (χ1n) is 9.49. The maximum Gasteiger partial charge on any atom is 0.240 e. The number of carbonyl (C=O) groups excluding carboxylic acids is 1. The SMILES string of the molecule is O=C(Cn1c(Cc2ccccc2Cl)nc2cc(Cl)c(Cl)cc21)NCc1ccc(F)cc1. The molecule has 0 saturated carbocycles. The molecule has 158 valence electrons. The molecule has 1 aromatic heterocycles. The first-order valence-corrected chi connectivity index (χ1v) is 10.6. The quantitative estimate of drug-likeness (QED) is 0.369. The van der Waals surface area contributed by atoms with Crippen LogP contribution in [0.2, 0.25) is 15.1 Å². The molecule has 8 heteroatoms. The number of hydrogen-bond donors (Lipinski definition) is 1. The maximum atomic E-state index is 13.1. The van der Waals surface area contributed by atoms with Crippen molar-refractivity contribution in [2.75, 3.05) is 0 Å². The Morgan fingerprint density at radius 3 is 2.42 bits per heavy atom. The highest BCUT2D eigenvalue weighted by molar-refractivity contribution is 6.42. The van der Waals surface area contributed by atoms with Crippen molar-refractivity contribution in [3.05, 3.63) is 98.5 Å². The number of benzene rings is 3. The average molecular weight is 477 g/mol. The third kappa shape index (κ3) is 5.01. The van der Waals surface area contributed by atoms with Gasteiger partial charge in [-0.1, -0.05) is 65.1 Å². The molecule has 0 bridgehead atoms. The van der Waals surface area contributed by atoms with Gasteiger partial charge in [-0.05, 0) is 41.5 Å². The van der Waals surface area contributed by atoms with Gasteiger partial charge < -0.3 is 9.88 Å². The first kappa shape index (κ1) is 21.6. The number of nitrogens with one attached hydrogen (secondary N) is 1. The highest BCUT2D eigenvalue weighted by Crippen LogP contribution is 2.29. The number of nitrogens with zero attached hydrogens (tertiary/aromatic N) is 2. The minimum absolute atomic E-state index is 0.0371. The lowest BCUT2D eigenvalue weighted by Gasteiger charge is -2.11. The molecule has 3 aromatic carbocycles. The van der Waals surface area contributed by atoms with E-state index in [1.807, 2.05) is 24.3 Å². The van der Waals surface area contributed by atoms with E-state index in [9.17, 15) is 9.18 Å². The van der Waals surface area contributed by atoms with Crippen molar-refractivity contribution in [1.29, 1.82) is 0 Å². The van der Waals surface area contributed by atoms with Crippen LogP contribution in [0.25, 0.3) is 11.0 Å². The molecular formula is C23H17Cl3FN3O. The number of hydrogen-bond acceptors (Lipinski definition) is 2. The monoisotopic (exact) mass is 475 g/mol. The number of fused-ring (bicyclic) bond motifs is 1. The van der Waals surface area contributed by atoms with Gasteiger partial charge in [0, 0.05) is 18.0 Å². The van der Waals surface area contributed by atoms with E-state index < -0.39 is 0 Å². The van der Waals surface area contributed by atoms with Crippen molar-refractivity contribution in [3.63, 3.8) is 0 Å². The smallest absolute Gasteiger partial charge is 0.240 e. The number of rotatable bonds is 6. The highest BCUT2D eigenvalue weighted by atomic mass is 35.5. The van der Waals surface area contributed by atoms with Gasteiger partial charge in [0.1, 0.15) is 18.2 Å². The number of imidazole rings is 1. The first-order chi connectivity index (χ1) is 14.9. The molecule has 0 aliphatic rings. The van der Waals surface area contributed by atoms with Crippen molar-refractivity contribution in [2.24, 2.45) is 0 Å². The topological polar surface area (TPSA) is 46.9 Å². The lowest BCUT2D eigenvalue weighted by molar-refractivity contribution is -0.121. The molecule has 0 aliphatic carbocycles. The molecule has 4 nitrogen and oxygen atoms in total. The third-order valence-electron chi connectivity index (χ3n) is 4.88. The molecule has 31 heavy (non-hydrogen) atoms. The van der Waals surface area contributed by atoms with Gasteiger partial charge in [0.25, 0.3) is 0 Å². The molecule has 0 atom stereocenters. The van der Waals surface area contributed by atoms with Gasteiger partial charge in [-0.15, -0.1) is 0 Å². The van der Waals surface area contributed by atoms with Crippen molar-refractivity contribution < 1.29 is 9.18 Å². The van der Waals surface area contributed by atoms with Crippen LogP contribution >= 0.6 is 34.8 Å². The number of aromatic nitrogens is 2. The predicted octanol–water partition coefficient (Wildman–Crippen LogP) is 6.04. The Hall–Kier alpha value is -2.60. The van der Waals surface area contributed by atoms with E-state index in [0.717, 1.165) is 11.1 Å². The Bertz CT molecular complexity index is 1260. The van der Waals surface area contributed by atoms with Crippen molar-refractivity contribution in [1.82, 2.24) is 14.9 Å². The summed E-state index contributed by atoms with van der Waals surface area (Å²) >= 11 is 18.7. The molecule has 1 N–H and O–H groups in total. The Labute approximate surface area is 193 Å². The molecule has 0 unspecified atom stereocenters. The van der Waals surface area contributed by atoms with E-state index in [-0.39, 0.29) is 24.8 Å². The highest BCUT2D eigenvalue weighted by Gasteiger charge is 2.17. The number of carbonyl (C=O) groups is 1. The Morgan fingerprint density at radius 1 is 0.968 bits per heavy atom. The van der Waals surface area contributed by atoms with Crippen molar-refractivity contribution in [3.8, 4) is 0 Å². The maximum absolute atomic E-state index is 13.1. The molecule has 0 spiro atoms. The Morgan fingerprint density at radius 2 is 1.68 bits per heavy atom. The minimum Gasteiger partial charge on any atom is -0.350 e. The lowest BCUT2D eigenvalue weighted by Crippen LogP contribution is -2.27. The molecule has 1 amide bonds. The van der Waals surface area contributed by atoms with E-state index in [4.69, 9.17) is 34.8 Å². The molecule has 4 rings (SSSR count). The van der Waals surface area contributed by atoms with Crippen molar-refractivity contribution >= 4 is 51.7 Å². The standard InChI is InChI=1S/C23H17Cl3FN3O/c24-17-4-2-1-3-15(17)9-22-29-20-10-18(25)19(26)11-21(20)30(22)13-23(31)28-12-14-5-7-16(27)8-6-14/h1-8,10-11H,9,12-13H2,(H,28,31). The predicted molar refractivity (Wildman–Crippen MR) is 122 cm³/mol. The fraction of sp³-hybridized carbons (Fsp3) is 0.130. The minimum atomic E-state index is -0.320. The van der Waals surface area contributed by atoms with Crippen LogP contribution in [0.3, 0.4) is 0 Å². The summed E-state index contributed by atoms with van der Waals surface area (Å²) in [5, 5.41) is 4.25. The second kappa shape index (κ2) is 9.27. The zero-order valence-electron chi connectivity index (χ0n) is 16.2. The summed E-state index contributed by atoms with van der Waals surface area (Å²) in [5.74, 6) is 0.133. The zero-order valence-corrected chi connectivity index (χ0v) is 18.5. The molecule has 0 aliphatic heterocycles. The van der Waals surface area contributed by atoms with E-state index in [1.54, 1.807) is 28.8 Å². The number of amides is 1. The van der Waals surface area contributed by atoms with Gasteiger partial charge in [0.15, 0.2) is 0 Å². The molecule has 0 radical (unpaired) electrons. The van der Waals surface area contributed by atoms with Crippen LogP contribution in [0.5, 0.6) is 0 Å². The van der Waals surface area contributed by atoms with Crippen LogP contribution in [-0.2, 0) is 24.3 Å². The third-order valence-corrected chi connectivity index (χ3v) is 5.97. The second-order valence-electron chi connectivity index (χ2n) is 7.04. The van der Waals surface area contributed by atoms with Crippen LogP contribution in [-0.4, -0.2) is 15.5 Å². The van der Waals surface area contributed by atoms with E-state index in [2.05, 4.69) is 10.3 Å². The molecule has 4 aromatic rings. The summed E-state index contributed by atoms with van der Waals surface area (Å²) in [6, 6.07) is 16.9. The normalized spacial score (nSPS) is 11.1. The molecule has 1 heterocycles. The van der Waals surface area contributed by atoms with Crippen LogP contribution < -0.4 is 5.32 Å². The van der Waals surface area contributed by atoms with Crippen LogP contribution in [0.4, 0.5) is 4.39 Å². The van der Waals surface area contributed by atoms with Crippen LogP contribution in [0, 0.1) is 5.82 Å². The summed E-state index contributed by atoms with van der Waals surface area (Å²) in [5.41, 5.74) is 3.04. The molecular weight excluding hydrogens is 460 g/mol. The summed E-state index contributed by atoms with van der Waals surface area (Å²) in [4.78, 5) is 17.4. The van der Waals surface area contributed by atoms with E-state index in [1.165, 1.54) is 12.1 Å². The summed E-state index contributed by atoms with van der Waals surface area (Å²) in [7, 11) is 0. The summed E-state index contributed by atoms with van der Waals surface area (Å²) in [6.07, 6.45) is 0.439. The number of halogens is 4. The van der Waals surface area contributed by atoms with E-state index in [0.29, 0.717) is 38.3 Å². The zero-order chi connectivity index (χ0) is 22.0. The average Bonchev–Trinajstić information content (AvgIpc) is 3.05.